The second-order valence-electron chi connectivity index (χ2n) is 5.22. The molecule has 1 atom stereocenters. The van der Waals surface area contributed by atoms with Gasteiger partial charge in [0.1, 0.15) is 0 Å². The number of hydrogen-bond acceptors (Lipinski definition) is 3. The van der Waals surface area contributed by atoms with E-state index in [-0.39, 0.29) is 0 Å². The first kappa shape index (κ1) is 16.9. The molecule has 1 aliphatic heterocycles. The summed E-state index contributed by atoms with van der Waals surface area (Å²) in [6.07, 6.45) is 4.75. The molecule has 0 radical (unpaired) electrons. The Morgan fingerprint density at radius 2 is 1.95 bits per heavy atom. The lowest BCUT2D eigenvalue weighted by molar-refractivity contribution is 0.159. The maximum absolute atomic E-state index is 11.9. The smallest absolute Gasteiger partial charge is 0.279 e. The van der Waals surface area contributed by atoms with Gasteiger partial charge in [-0.1, -0.05) is 20.3 Å². The summed E-state index contributed by atoms with van der Waals surface area (Å²) in [5.74, 6) is 0. The van der Waals surface area contributed by atoms with Crippen LogP contribution in [0.4, 0.5) is 0 Å². The van der Waals surface area contributed by atoms with E-state index in [1.54, 1.807) is 0 Å². The lowest BCUT2D eigenvalue weighted by Gasteiger charge is -2.33. The quantitative estimate of drug-likeness (QED) is 0.688. The van der Waals surface area contributed by atoms with Crippen molar-refractivity contribution in [3.05, 3.63) is 0 Å². The molecule has 0 saturated carbocycles. The molecule has 1 saturated heterocycles. The molecular weight excluding hydrogens is 262 g/mol. The zero-order chi connectivity index (χ0) is 14.3. The minimum Gasteiger partial charge on any atom is -0.301 e. The fourth-order valence-electron chi connectivity index (χ4n) is 2.63. The molecule has 1 heterocycles. The van der Waals surface area contributed by atoms with Gasteiger partial charge in [0.15, 0.2) is 0 Å². The summed E-state index contributed by atoms with van der Waals surface area (Å²) >= 11 is 0. The molecule has 114 valence electrons. The van der Waals surface area contributed by atoms with Crippen LogP contribution < -0.4 is 4.72 Å². The van der Waals surface area contributed by atoms with E-state index in [2.05, 4.69) is 16.5 Å². The lowest BCUT2D eigenvalue weighted by atomic mass is 10.0. The minimum absolute atomic E-state index is 0.523. The average Bonchev–Trinajstić information content (AvgIpc) is 2.37. The predicted molar refractivity (Wildman–Crippen MR) is 79.3 cm³/mol. The third-order valence-electron chi connectivity index (χ3n) is 3.89. The van der Waals surface area contributed by atoms with Crippen LogP contribution in [0.3, 0.4) is 0 Å². The standard InChI is InChI=1S/C13H29N3O2S/c1-4-16(5-2)19(17,18)14-10-8-12-15-11-7-6-9-13(15)3/h13-14H,4-12H2,1-3H3/t13-/m0/s1. The summed E-state index contributed by atoms with van der Waals surface area (Å²) in [6.45, 7) is 9.70. The first-order valence-electron chi connectivity index (χ1n) is 7.50. The molecule has 6 heteroatoms. The fraction of sp³-hybridized carbons (Fsp3) is 1.00. The summed E-state index contributed by atoms with van der Waals surface area (Å²) in [4.78, 5) is 2.47. The van der Waals surface area contributed by atoms with Crippen LogP contribution in [0.15, 0.2) is 0 Å². The zero-order valence-corrected chi connectivity index (χ0v) is 13.4. The Bertz CT molecular complexity index is 342. The number of hydrogen-bond donors (Lipinski definition) is 1. The van der Waals surface area contributed by atoms with Crippen molar-refractivity contribution < 1.29 is 8.42 Å². The first-order chi connectivity index (χ1) is 9.01. The van der Waals surface area contributed by atoms with Gasteiger partial charge >= 0.3 is 0 Å². The van der Waals surface area contributed by atoms with E-state index < -0.39 is 10.2 Å². The van der Waals surface area contributed by atoms with E-state index >= 15 is 0 Å². The van der Waals surface area contributed by atoms with E-state index in [1.165, 1.54) is 23.6 Å². The van der Waals surface area contributed by atoms with Crippen LogP contribution in [0.2, 0.25) is 0 Å². The van der Waals surface area contributed by atoms with E-state index in [0.717, 1.165) is 19.5 Å². The molecule has 0 aromatic carbocycles. The van der Waals surface area contributed by atoms with Crippen molar-refractivity contribution in [1.82, 2.24) is 13.9 Å². The van der Waals surface area contributed by atoms with Gasteiger partial charge in [-0.25, -0.2) is 4.72 Å². The molecule has 0 bridgehead atoms. The van der Waals surface area contributed by atoms with Crippen molar-refractivity contribution in [2.45, 2.75) is 52.5 Å². The summed E-state index contributed by atoms with van der Waals surface area (Å²) in [5, 5.41) is 0. The van der Waals surface area contributed by atoms with Crippen LogP contribution in [0.5, 0.6) is 0 Å². The number of nitrogens with one attached hydrogen (secondary N) is 1. The topological polar surface area (TPSA) is 52.7 Å². The maximum Gasteiger partial charge on any atom is 0.279 e. The molecule has 1 N–H and O–H groups in total. The van der Waals surface area contributed by atoms with Gasteiger partial charge in [0, 0.05) is 25.7 Å². The van der Waals surface area contributed by atoms with Gasteiger partial charge in [0.2, 0.25) is 0 Å². The molecule has 5 nitrogen and oxygen atoms in total. The van der Waals surface area contributed by atoms with Gasteiger partial charge in [0.25, 0.3) is 10.2 Å². The van der Waals surface area contributed by atoms with Crippen LogP contribution >= 0.6 is 0 Å². The van der Waals surface area contributed by atoms with Crippen molar-refractivity contribution in [2.75, 3.05) is 32.7 Å². The molecule has 0 aliphatic carbocycles. The minimum atomic E-state index is -3.27. The fourth-order valence-corrected chi connectivity index (χ4v) is 3.89. The Kier molecular flexibility index (Phi) is 7.28. The second kappa shape index (κ2) is 8.19. The van der Waals surface area contributed by atoms with Gasteiger partial charge in [-0.3, -0.25) is 0 Å². The maximum atomic E-state index is 11.9. The van der Waals surface area contributed by atoms with Gasteiger partial charge in [-0.2, -0.15) is 12.7 Å². The Labute approximate surface area is 118 Å². The Morgan fingerprint density at radius 1 is 1.26 bits per heavy atom. The molecule has 1 rings (SSSR count). The molecular formula is C13H29N3O2S. The predicted octanol–water partition coefficient (Wildman–Crippen LogP) is 1.43. The Morgan fingerprint density at radius 3 is 2.53 bits per heavy atom. The average molecular weight is 291 g/mol. The summed E-state index contributed by atoms with van der Waals surface area (Å²) < 4.78 is 28.0. The van der Waals surface area contributed by atoms with E-state index in [9.17, 15) is 8.42 Å². The second-order valence-corrected chi connectivity index (χ2v) is 6.97. The van der Waals surface area contributed by atoms with Crippen molar-refractivity contribution in [2.24, 2.45) is 0 Å². The number of rotatable bonds is 8. The van der Waals surface area contributed by atoms with Gasteiger partial charge in [-0.15, -0.1) is 0 Å². The van der Waals surface area contributed by atoms with Crippen LogP contribution in [0, 0.1) is 0 Å². The zero-order valence-electron chi connectivity index (χ0n) is 12.6. The van der Waals surface area contributed by atoms with Crippen molar-refractivity contribution >= 4 is 10.2 Å². The van der Waals surface area contributed by atoms with Gasteiger partial charge in [0.05, 0.1) is 0 Å². The summed E-state index contributed by atoms with van der Waals surface area (Å²) in [5.41, 5.74) is 0. The van der Waals surface area contributed by atoms with E-state index in [1.807, 2.05) is 13.8 Å². The third kappa shape index (κ3) is 5.38. The number of piperidine rings is 1. The normalized spacial score (nSPS) is 22.0. The van der Waals surface area contributed by atoms with Crippen LogP contribution in [-0.2, 0) is 10.2 Å². The lowest BCUT2D eigenvalue weighted by Crippen LogP contribution is -2.42. The molecule has 19 heavy (non-hydrogen) atoms. The molecule has 1 fully saturated rings. The highest BCUT2D eigenvalue weighted by molar-refractivity contribution is 7.87. The number of likely N-dealkylation sites (tertiary alicyclic amines) is 1. The van der Waals surface area contributed by atoms with Crippen molar-refractivity contribution in [3.63, 3.8) is 0 Å². The van der Waals surface area contributed by atoms with Crippen molar-refractivity contribution in [3.8, 4) is 0 Å². The number of nitrogens with zero attached hydrogens (tertiary/aromatic N) is 2. The largest absolute Gasteiger partial charge is 0.301 e. The Hall–Kier alpha value is -0.170. The SMILES string of the molecule is CCN(CC)S(=O)(=O)NCCCN1CCCC[C@@H]1C. The highest BCUT2D eigenvalue weighted by Gasteiger charge is 2.19. The third-order valence-corrected chi connectivity index (χ3v) is 5.66. The van der Waals surface area contributed by atoms with Gasteiger partial charge < -0.3 is 4.90 Å². The molecule has 0 aromatic heterocycles. The highest BCUT2D eigenvalue weighted by Crippen LogP contribution is 2.16. The van der Waals surface area contributed by atoms with E-state index in [4.69, 9.17) is 0 Å². The monoisotopic (exact) mass is 291 g/mol. The molecule has 0 amide bonds. The molecule has 0 aromatic rings. The van der Waals surface area contributed by atoms with Crippen LogP contribution in [0.25, 0.3) is 0 Å². The highest BCUT2D eigenvalue weighted by atomic mass is 32.2. The summed E-state index contributed by atoms with van der Waals surface area (Å²) in [7, 11) is -3.27. The van der Waals surface area contributed by atoms with Crippen LogP contribution in [0.1, 0.15) is 46.5 Å². The molecule has 1 aliphatic rings. The summed E-state index contributed by atoms with van der Waals surface area (Å²) in [6, 6.07) is 0.646. The Balaban J connectivity index is 2.26. The van der Waals surface area contributed by atoms with Crippen LogP contribution in [-0.4, -0.2) is 56.4 Å². The van der Waals surface area contributed by atoms with Gasteiger partial charge in [-0.05, 0) is 39.3 Å². The molecule has 0 spiro atoms. The van der Waals surface area contributed by atoms with E-state index in [0.29, 0.717) is 25.7 Å². The molecule has 0 unspecified atom stereocenters. The first-order valence-corrected chi connectivity index (χ1v) is 8.94. The van der Waals surface area contributed by atoms with Crippen molar-refractivity contribution in [1.29, 1.82) is 0 Å².